The van der Waals surface area contributed by atoms with E-state index in [0.717, 1.165) is 36.1 Å². The topological polar surface area (TPSA) is 75.7 Å². The van der Waals surface area contributed by atoms with Crippen LogP contribution in [0.5, 0.6) is 5.75 Å². The first-order chi connectivity index (χ1) is 13.7. The summed E-state index contributed by atoms with van der Waals surface area (Å²) in [6, 6.07) is 8.68. The molecule has 3 rings (SSSR count). The summed E-state index contributed by atoms with van der Waals surface area (Å²) in [5.41, 5.74) is 1.90. The summed E-state index contributed by atoms with van der Waals surface area (Å²) in [7, 11) is -2.41. The molecule has 6 nitrogen and oxygen atoms in total. The van der Waals surface area contributed by atoms with Gasteiger partial charge in [0.1, 0.15) is 16.5 Å². The molecular formula is C21H25FN2O4S. The van der Waals surface area contributed by atoms with E-state index in [1.54, 1.807) is 14.0 Å². The number of ether oxygens (including phenoxy) is 1. The Bertz CT molecular complexity index is 1020. The van der Waals surface area contributed by atoms with Crippen LogP contribution in [0.4, 0.5) is 4.39 Å². The van der Waals surface area contributed by atoms with Crippen molar-refractivity contribution in [3.05, 3.63) is 58.9 Å². The van der Waals surface area contributed by atoms with E-state index < -0.39 is 26.6 Å². The van der Waals surface area contributed by atoms with Crippen LogP contribution in [0.3, 0.4) is 0 Å². The van der Waals surface area contributed by atoms with Crippen LogP contribution in [0, 0.1) is 12.7 Å². The maximum absolute atomic E-state index is 14.3. The average Bonchev–Trinajstić information content (AvgIpc) is 3.23. The van der Waals surface area contributed by atoms with Crippen molar-refractivity contribution in [1.82, 2.24) is 9.62 Å². The lowest BCUT2D eigenvalue weighted by atomic mass is 10.0. The van der Waals surface area contributed by atoms with Crippen molar-refractivity contribution in [3.8, 4) is 5.75 Å². The van der Waals surface area contributed by atoms with Crippen LogP contribution >= 0.6 is 0 Å². The summed E-state index contributed by atoms with van der Waals surface area (Å²) in [5, 5.41) is 2.83. The summed E-state index contributed by atoms with van der Waals surface area (Å²) < 4.78 is 46.4. The second kappa shape index (κ2) is 8.51. The fourth-order valence-electron chi connectivity index (χ4n) is 3.46. The maximum Gasteiger partial charge on any atom is 0.251 e. The Morgan fingerprint density at radius 3 is 2.52 bits per heavy atom. The normalized spacial score (nSPS) is 15.9. The van der Waals surface area contributed by atoms with Gasteiger partial charge < -0.3 is 10.1 Å². The van der Waals surface area contributed by atoms with Crippen molar-refractivity contribution >= 4 is 15.9 Å². The van der Waals surface area contributed by atoms with Gasteiger partial charge in [0.2, 0.25) is 10.0 Å². The molecule has 8 heteroatoms. The number of amides is 1. The standard InChI is InChI=1S/C21H25FN2O4S/c1-14-6-9-19(28-3)17(12-14)15(2)23-21(25)16-7-8-18(22)20(13-16)29(26,27)24-10-4-5-11-24/h6-9,12-13,15H,4-5,10-11H2,1-3H3,(H,23,25). The lowest BCUT2D eigenvalue weighted by molar-refractivity contribution is 0.0939. The zero-order valence-electron chi connectivity index (χ0n) is 16.7. The van der Waals surface area contributed by atoms with E-state index in [4.69, 9.17) is 4.74 Å². The first kappa shape index (κ1) is 21.3. The third kappa shape index (κ3) is 4.43. The third-order valence-corrected chi connectivity index (χ3v) is 6.99. The first-order valence-corrected chi connectivity index (χ1v) is 10.9. The second-order valence-electron chi connectivity index (χ2n) is 7.20. The largest absolute Gasteiger partial charge is 0.496 e. The molecule has 0 spiro atoms. The fourth-order valence-corrected chi connectivity index (χ4v) is 5.07. The maximum atomic E-state index is 14.3. The zero-order chi connectivity index (χ0) is 21.2. The number of nitrogens with one attached hydrogen (secondary N) is 1. The van der Waals surface area contributed by atoms with Crippen LogP contribution in [0.1, 0.15) is 47.3 Å². The molecule has 1 atom stereocenters. The number of hydrogen-bond acceptors (Lipinski definition) is 4. The first-order valence-electron chi connectivity index (χ1n) is 9.49. The number of halogens is 1. The molecule has 1 heterocycles. The second-order valence-corrected chi connectivity index (χ2v) is 9.10. The Hall–Kier alpha value is -2.45. The van der Waals surface area contributed by atoms with Gasteiger partial charge in [-0.3, -0.25) is 4.79 Å². The summed E-state index contributed by atoms with van der Waals surface area (Å²) >= 11 is 0. The van der Waals surface area contributed by atoms with Crippen molar-refractivity contribution in [2.75, 3.05) is 20.2 Å². The molecule has 0 aliphatic carbocycles. The van der Waals surface area contributed by atoms with E-state index in [9.17, 15) is 17.6 Å². The highest BCUT2D eigenvalue weighted by molar-refractivity contribution is 7.89. The molecule has 0 saturated carbocycles. The van der Waals surface area contributed by atoms with Gasteiger partial charge in [-0.25, -0.2) is 12.8 Å². The van der Waals surface area contributed by atoms with Crippen LogP contribution in [0.25, 0.3) is 0 Å². The monoisotopic (exact) mass is 420 g/mol. The fraction of sp³-hybridized carbons (Fsp3) is 0.381. The third-order valence-electron chi connectivity index (χ3n) is 5.08. The summed E-state index contributed by atoms with van der Waals surface area (Å²) in [5.74, 6) is -0.708. The summed E-state index contributed by atoms with van der Waals surface area (Å²) in [4.78, 5) is 12.3. The Morgan fingerprint density at radius 1 is 1.17 bits per heavy atom. The van der Waals surface area contributed by atoms with Crippen LogP contribution in [0.2, 0.25) is 0 Å². The predicted molar refractivity (Wildman–Crippen MR) is 108 cm³/mol. The van der Waals surface area contributed by atoms with E-state index in [2.05, 4.69) is 5.32 Å². The predicted octanol–water partition coefficient (Wildman–Crippen LogP) is 3.42. The molecule has 0 bridgehead atoms. The molecule has 1 aliphatic heterocycles. The van der Waals surface area contributed by atoms with Gasteiger partial charge in [0.15, 0.2) is 0 Å². The van der Waals surface area contributed by atoms with E-state index in [1.165, 1.54) is 10.4 Å². The number of hydrogen-bond donors (Lipinski definition) is 1. The lowest BCUT2D eigenvalue weighted by Crippen LogP contribution is -2.30. The minimum atomic E-state index is -3.96. The van der Waals surface area contributed by atoms with E-state index in [1.807, 2.05) is 25.1 Å². The molecule has 0 radical (unpaired) electrons. The van der Waals surface area contributed by atoms with Gasteiger partial charge in [0.25, 0.3) is 5.91 Å². The lowest BCUT2D eigenvalue weighted by Gasteiger charge is -2.19. The number of nitrogens with zero attached hydrogens (tertiary/aromatic N) is 1. The van der Waals surface area contributed by atoms with Crippen LogP contribution in [0.15, 0.2) is 41.3 Å². The van der Waals surface area contributed by atoms with Gasteiger partial charge in [0, 0.05) is 24.2 Å². The molecule has 1 amide bonds. The number of sulfonamides is 1. The molecule has 1 saturated heterocycles. The van der Waals surface area contributed by atoms with Gasteiger partial charge in [-0.1, -0.05) is 17.7 Å². The molecule has 1 fully saturated rings. The van der Waals surface area contributed by atoms with Gasteiger partial charge in [0.05, 0.1) is 13.2 Å². The highest BCUT2D eigenvalue weighted by atomic mass is 32.2. The molecular weight excluding hydrogens is 395 g/mol. The van der Waals surface area contributed by atoms with Crippen LogP contribution in [-0.4, -0.2) is 38.8 Å². The minimum absolute atomic E-state index is 0.0858. The van der Waals surface area contributed by atoms with Crippen molar-refractivity contribution in [1.29, 1.82) is 0 Å². The van der Waals surface area contributed by atoms with E-state index >= 15 is 0 Å². The van der Waals surface area contributed by atoms with Crippen molar-refractivity contribution < 1.29 is 22.3 Å². The number of benzene rings is 2. The Labute approximate surface area is 170 Å². The van der Waals surface area contributed by atoms with Gasteiger partial charge >= 0.3 is 0 Å². The molecule has 1 aliphatic rings. The Kier molecular flexibility index (Phi) is 6.24. The number of methoxy groups -OCH3 is 1. The zero-order valence-corrected chi connectivity index (χ0v) is 17.6. The highest BCUT2D eigenvalue weighted by Gasteiger charge is 2.30. The van der Waals surface area contributed by atoms with E-state index in [0.29, 0.717) is 18.8 Å². The van der Waals surface area contributed by atoms with Crippen molar-refractivity contribution in [2.45, 2.75) is 37.6 Å². The average molecular weight is 421 g/mol. The van der Waals surface area contributed by atoms with Gasteiger partial charge in [-0.2, -0.15) is 4.31 Å². The molecule has 29 heavy (non-hydrogen) atoms. The van der Waals surface area contributed by atoms with Gasteiger partial charge in [-0.15, -0.1) is 0 Å². The number of aryl methyl sites for hydroxylation is 1. The molecule has 156 valence electrons. The number of carbonyl (C=O) groups is 1. The molecule has 2 aromatic rings. The Balaban J connectivity index is 1.86. The quantitative estimate of drug-likeness (QED) is 0.777. The molecule has 1 N–H and O–H groups in total. The van der Waals surface area contributed by atoms with Crippen molar-refractivity contribution in [3.63, 3.8) is 0 Å². The van der Waals surface area contributed by atoms with Crippen LogP contribution < -0.4 is 10.1 Å². The Morgan fingerprint density at radius 2 is 1.86 bits per heavy atom. The van der Waals surface area contributed by atoms with Gasteiger partial charge in [-0.05, 0) is 51.0 Å². The number of rotatable bonds is 6. The molecule has 0 aromatic heterocycles. The van der Waals surface area contributed by atoms with Crippen molar-refractivity contribution in [2.24, 2.45) is 0 Å². The van der Waals surface area contributed by atoms with E-state index in [-0.39, 0.29) is 11.6 Å². The smallest absolute Gasteiger partial charge is 0.251 e. The highest BCUT2D eigenvalue weighted by Crippen LogP contribution is 2.27. The molecule has 2 aromatic carbocycles. The summed E-state index contributed by atoms with van der Waals surface area (Å²) in [6.45, 7) is 4.47. The summed E-state index contributed by atoms with van der Waals surface area (Å²) in [6.07, 6.45) is 1.49. The minimum Gasteiger partial charge on any atom is -0.496 e. The molecule has 1 unspecified atom stereocenters. The number of carbonyl (C=O) groups excluding carboxylic acids is 1. The van der Waals surface area contributed by atoms with Crippen LogP contribution in [-0.2, 0) is 10.0 Å². The SMILES string of the molecule is COc1ccc(C)cc1C(C)NC(=O)c1ccc(F)c(S(=O)(=O)N2CCCC2)c1.